The predicted molar refractivity (Wildman–Crippen MR) is 76.8 cm³/mol. The molecule has 4 nitrogen and oxygen atoms in total. The Morgan fingerprint density at radius 1 is 1.15 bits per heavy atom. The van der Waals surface area contributed by atoms with Crippen LogP contribution in [-0.2, 0) is 4.79 Å². The summed E-state index contributed by atoms with van der Waals surface area (Å²) in [6.45, 7) is 6.78. The molecule has 4 heteroatoms. The van der Waals surface area contributed by atoms with E-state index in [1.807, 2.05) is 32.0 Å². The maximum absolute atomic E-state index is 12.4. The molecule has 1 aromatic carbocycles. The number of aliphatic carboxylic acids is 1. The highest BCUT2D eigenvalue weighted by Crippen LogP contribution is 2.31. The molecular formula is C16H21NO3. The van der Waals surface area contributed by atoms with Gasteiger partial charge in [-0.25, -0.2) is 0 Å². The van der Waals surface area contributed by atoms with Crippen molar-refractivity contribution in [3.63, 3.8) is 0 Å². The quantitative estimate of drug-likeness (QED) is 0.902. The third kappa shape index (κ3) is 2.69. The van der Waals surface area contributed by atoms with Crippen LogP contribution in [0.5, 0.6) is 0 Å². The molecule has 0 atom stereocenters. The van der Waals surface area contributed by atoms with Crippen molar-refractivity contribution < 1.29 is 14.7 Å². The van der Waals surface area contributed by atoms with Gasteiger partial charge in [0, 0.05) is 18.7 Å². The predicted octanol–water partition coefficient (Wildman–Crippen LogP) is 2.63. The number of hydrogen-bond acceptors (Lipinski definition) is 2. The van der Waals surface area contributed by atoms with E-state index in [-0.39, 0.29) is 5.91 Å². The standard InChI is InChI=1S/C16H21NO3/c1-11-4-5-13(10-12(11)2)14(18)17-8-6-16(3,7-9-17)15(19)20/h4-5,10H,6-9H2,1-3H3,(H,19,20). The second-order valence-electron chi connectivity index (χ2n) is 5.96. The highest BCUT2D eigenvalue weighted by atomic mass is 16.4. The highest BCUT2D eigenvalue weighted by molar-refractivity contribution is 5.94. The second-order valence-corrected chi connectivity index (χ2v) is 5.96. The molecule has 0 aliphatic carbocycles. The number of carboxylic acid groups (broad SMARTS) is 1. The van der Waals surface area contributed by atoms with Crippen molar-refractivity contribution in [1.29, 1.82) is 0 Å². The molecule has 108 valence electrons. The van der Waals surface area contributed by atoms with Crippen molar-refractivity contribution in [2.24, 2.45) is 5.41 Å². The van der Waals surface area contributed by atoms with Gasteiger partial charge in [-0.2, -0.15) is 0 Å². The molecule has 1 saturated heterocycles. The normalized spacial score (nSPS) is 17.9. The highest BCUT2D eigenvalue weighted by Gasteiger charge is 2.38. The van der Waals surface area contributed by atoms with Crippen LogP contribution in [0.2, 0.25) is 0 Å². The molecule has 0 radical (unpaired) electrons. The van der Waals surface area contributed by atoms with Gasteiger partial charge >= 0.3 is 5.97 Å². The summed E-state index contributed by atoms with van der Waals surface area (Å²) in [5.74, 6) is -0.767. The van der Waals surface area contributed by atoms with Crippen LogP contribution in [0.25, 0.3) is 0 Å². The van der Waals surface area contributed by atoms with E-state index >= 15 is 0 Å². The first-order valence-corrected chi connectivity index (χ1v) is 6.93. The van der Waals surface area contributed by atoms with E-state index in [9.17, 15) is 14.7 Å². The van der Waals surface area contributed by atoms with Crippen LogP contribution in [-0.4, -0.2) is 35.0 Å². The molecule has 0 saturated carbocycles. The summed E-state index contributed by atoms with van der Waals surface area (Å²) in [6.07, 6.45) is 1.03. The van der Waals surface area contributed by atoms with E-state index < -0.39 is 11.4 Å². The summed E-state index contributed by atoms with van der Waals surface area (Å²) >= 11 is 0. The molecule has 1 amide bonds. The lowest BCUT2D eigenvalue weighted by Crippen LogP contribution is -2.45. The third-order valence-electron chi connectivity index (χ3n) is 4.42. The maximum Gasteiger partial charge on any atom is 0.309 e. The molecule has 1 aliphatic heterocycles. The molecule has 2 rings (SSSR count). The minimum atomic E-state index is -0.768. The minimum Gasteiger partial charge on any atom is -0.481 e. The number of piperidine rings is 1. The fourth-order valence-corrected chi connectivity index (χ4v) is 2.47. The van der Waals surface area contributed by atoms with E-state index in [2.05, 4.69) is 0 Å². The van der Waals surface area contributed by atoms with E-state index in [1.165, 1.54) is 5.56 Å². The summed E-state index contributed by atoms with van der Waals surface area (Å²) in [7, 11) is 0. The van der Waals surface area contributed by atoms with Gasteiger partial charge in [0.1, 0.15) is 0 Å². The van der Waals surface area contributed by atoms with E-state index in [1.54, 1.807) is 11.8 Å². The lowest BCUT2D eigenvalue weighted by atomic mass is 9.80. The monoisotopic (exact) mass is 275 g/mol. The maximum atomic E-state index is 12.4. The zero-order valence-corrected chi connectivity index (χ0v) is 12.3. The van der Waals surface area contributed by atoms with Crippen molar-refractivity contribution in [2.45, 2.75) is 33.6 Å². The van der Waals surface area contributed by atoms with Crippen LogP contribution in [0.3, 0.4) is 0 Å². The van der Waals surface area contributed by atoms with Crippen LogP contribution >= 0.6 is 0 Å². The van der Waals surface area contributed by atoms with Gasteiger partial charge in [-0.15, -0.1) is 0 Å². The van der Waals surface area contributed by atoms with Gasteiger partial charge in [0.05, 0.1) is 5.41 Å². The van der Waals surface area contributed by atoms with Gasteiger partial charge in [0.25, 0.3) is 5.91 Å². The van der Waals surface area contributed by atoms with Crippen LogP contribution < -0.4 is 0 Å². The largest absolute Gasteiger partial charge is 0.481 e. The average molecular weight is 275 g/mol. The number of aryl methyl sites for hydroxylation is 2. The van der Waals surface area contributed by atoms with Crippen molar-refractivity contribution >= 4 is 11.9 Å². The Kier molecular flexibility index (Phi) is 3.84. The molecule has 0 unspecified atom stereocenters. The molecule has 1 heterocycles. The number of benzene rings is 1. The summed E-state index contributed by atoms with van der Waals surface area (Å²) in [4.78, 5) is 25.4. The van der Waals surface area contributed by atoms with Gasteiger partial charge in [-0.05, 0) is 56.9 Å². The van der Waals surface area contributed by atoms with E-state index in [0.717, 1.165) is 5.56 Å². The minimum absolute atomic E-state index is 0.000499. The van der Waals surface area contributed by atoms with Gasteiger partial charge in [0.2, 0.25) is 0 Å². The number of likely N-dealkylation sites (tertiary alicyclic amines) is 1. The van der Waals surface area contributed by atoms with Gasteiger partial charge in [0.15, 0.2) is 0 Å². The van der Waals surface area contributed by atoms with Crippen molar-refractivity contribution in [3.05, 3.63) is 34.9 Å². The number of carbonyl (C=O) groups excluding carboxylic acids is 1. The van der Waals surface area contributed by atoms with Crippen LogP contribution in [0.4, 0.5) is 0 Å². The molecule has 1 aromatic rings. The summed E-state index contributed by atoms with van der Waals surface area (Å²) in [5, 5.41) is 9.20. The molecule has 0 bridgehead atoms. The fraction of sp³-hybridized carbons (Fsp3) is 0.500. The molecule has 20 heavy (non-hydrogen) atoms. The molecule has 1 N–H and O–H groups in total. The molecular weight excluding hydrogens is 254 g/mol. The number of hydrogen-bond donors (Lipinski definition) is 1. The van der Waals surface area contributed by atoms with Crippen LogP contribution in [0.1, 0.15) is 41.3 Å². The van der Waals surface area contributed by atoms with E-state index in [0.29, 0.717) is 31.5 Å². The zero-order valence-electron chi connectivity index (χ0n) is 12.3. The lowest BCUT2D eigenvalue weighted by Gasteiger charge is -2.36. The lowest BCUT2D eigenvalue weighted by molar-refractivity contribution is -0.150. The number of rotatable bonds is 2. The molecule has 0 aromatic heterocycles. The number of carboxylic acids is 1. The molecule has 0 spiro atoms. The number of amides is 1. The summed E-state index contributed by atoms with van der Waals surface area (Å²) in [5.41, 5.74) is 2.26. The smallest absolute Gasteiger partial charge is 0.309 e. The third-order valence-corrected chi connectivity index (χ3v) is 4.42. The molecule has 1 fully saturated rings. The Bertz CT molecular complexity index is 543. The number of carbonyl (C=O) groups is 2. The summed E-state index contributed by atoms with van der Waals surface area (Å²) < 4.78 is 0. The van der Waals surface area contributed by atoms with Gasteiger partial charge < -0.3 is 10.0 Å². The zero-order chi connectivity index (χ0) is 14.9. The van der Waals surface area contributed by atoms with Crippen molar-refractivity contribution in [2.75, 3.05) is 13.1 Å². The van der Waals surface area contributed by atoms with E-state index in [4.69, 9.17) is 0 Å². The SMILES string of the molecule is Cc1ccc(C(=O)N2CCC(C)(C(=O)O)CC2)cc1C. The Hall–Kier alpha value is -1.84. The second kappa shape index (κ2) is 5.27. The Morgan fingerprint density at radius 2 is 1.75 bits per heavy atom. The van der Waals surface area contributed by atoms with Gasteiger partial charge in [-0.1, -0.05) is 6.07 Å². The number of nitrogens with zero attached hydrogens (tertiary/aromatic N) is 1. The average Bonchev–Trinajstić information content (AvgIpc) is 2.42. The van der Waals surface area contributed by atoms with Gasteiger partial charge in [-0.3, -0.25) is 9.59 Å². The topological polar surface area (TPSA) is 57.6 Å². The Morgan fingerprint density at radius 3 is 2.25 bits per heavy atom. The van der Waals surface area contributed by atoms with Crippen LogP contribution in [0, 0.1) is 19.3 Å². The van der Waals surface area contributed by atoms with Crippen molar-refractivity contribution in [3.8, 4) is 0 Å². The Labute approximate surface area is 119 Å². The molecule has 1 aliphatic rings. The first kappa shape index (κ1) is 14.6. The first-order valence-electron chi connectivity index (χ1n) is 6.93. The van der Waals surface area contributed by atoms with Crippen LogP contribution in [0.15, 0.2) is 18.2 Å². The fourth-order valence-electron chi connectivity index (χ4n) is 2.47. The first-order chi connectivity index (χ1) is 9.33. The Balaban J connectivity index is 2.08. The van der Waals surface area contributed by atoms with Crippen molar-refractivity contribution in [1.82, 2.24) is 4.90 Å². The summed E-state index contributed by atoms with van der Waals surface area (Å²) in [6, 6.07) is 5.70.